The Kier molecular flexibility index (Phi) is 25.1. The van der Waals surface area contributed by atoms with E-state index in [9.17, 15) is 78.5 Å². The molecule has 0 aliphatic carbocycles. The summed E-state index contributed by atoms with van der Waals surface area (Å²) in [6.07, 6.45) is -17.5. The topological polar surface area (TPSA) is 327 Å². The Morgan fingerprint density at radius 2 is 0.800 bits per heavy atom. The second kappa shape index (κ2) is 31.8. The molecule has 0 bridgehead atoms. The van der Waals surface area contributed by atoms with Gasteiger partial charge in [0.05, 0.1) is 58.0 Å². The second-order valence-electron chi connectivity index (χ2n) is 22.6. The molecule has 6 saturated heterocycles. The normalized spacial score (nSPS) is 31.3. The van der Waals surface area contributed by atoms with Gasteiger partial charge >= 0.3 is 58.3 Å². The van der Waals surface area contributed by atoms with Gasteiger partial charge in [-0.1, -0.05) is 53.8 Å². The monoisotopic (exact) mass is 1560 g/mol. The van der Waals surface area contributed by atoms with Crippen LogP contribution >= 0.6 is 69.9 Å². The van der Waals surface area contributed by atoms with Crippen LogP contribution < -0.4 is 17.1 Å². The number of ether oxygens (including phenoxy) is 3. The van der Waals surface area contributed by atoms with Crippen molar-refractivity contribution in [1.82, 2.24) is 28.7 Å². The number of aliphatic hydroxyl groups is 3. The van der Waals surface area contributed by atoms with Gasteiger partial charge in [-0.2, -0.15) is 41.3 Å². The van der Waals surface area contributed by atoms with Crippen LogP contribution in [0.25, 0.3) is 0 Å². The molecule has 0 amide bonds. The van der Waals surface area contributed by atoms with Crippen molar-refractivity contribution in [2.24, 2.45) is 0 Å². The molecule has 6 aliphatic heterocycles. The zero-order valence-corrected chi connectivity index (χ0v) is 56.9. The molecule has 6 aliphatic rings. The summed E-state index contributed by atoms with van der Waals surface area (Å²) in [5.74, 6) is -12.8. The fraction of sp³-hybridized carbons (Fsp3) is 0.483. The first-order chi connectivity index (χ1) is 46.5. The van der Waals surface area contributed by atoms with Crippen molar-refractivity contribution >= 4 is 69.9 Å². The van der Waals surface area contributed by atoms with Gasteiger partial charge in [-0.3, -0.25) is 54.4 Å². The van der Waals surface area contributed by atoms with Crippen LogP contribution in [-0.4, -0.2) is 138 Å². The van der Waals surface area contributed by atoms with Crippen molar-refractivity contribution in [2.75, 3.05) is 39.6 Å². The van der Waals surface area contributed by atoms with E-state index in [2.05, 4.69) is 15.0 Å². The van der Waals surface area contributed by atoms with Crippen LogP contribution in [0.1, 0.15) is 97.5 Å². The molecule has 3 N–H and O–H groups in total. The highest BCUT2D eigenvalue weighted by Crippen LogP contribution is 2.61. The van der Waals surface area contributed by atoms with E-state index < -0.39 is 163 Å². The number of hydrogen-bond acceptors (Lipinski definition) is 24. The molecule has 12 rings (SSSR count). The molecule has 0 spiro atoms. The fourth-order valence-corrected chi connectivity index (χ4v) is 15.5. The lowest BCUT2D eigenvalue weighted by atomic mass is 10.1. The summed E-state index contributed by atoms with van der Waals surface area (Å²) < 4.78 is 218. The average molecular weight is 1560 g/mol. The minimum Gasteiger partial charge on any atom is -0.384 e. The quantitative estimate of drug-likeness (QED) is 0.0635. The lowest BCUT2D eigenvalue weighted by Crippen LogP contribution is -2.42. The van der Waals surface area contributed by atoms with Gasteiger partial charge in [0.1, 0.15) is 29.9 Å². The maximum atomic E-state index is 14.7. The minimum atomic E-state index is -4.33. The Morgan fingerprint density at radius 1 is 0.490 bits per heavy atom. The van der Waals surface area contributed by atoms with Crippen LogP contribution in [0, 0.1) is 32.4 Å². The van der Waals surface area contributed by atoms with E-state index in [1.54, 1.807) is 18.2 Å². The molecular formula is C58H61Cl4F8N6O21P3. The summed E-state index contributed by atoms with van der Waals surface area (Å²) in [7, 11) is -12.8. The molecule has 0 radical (unpaired) electrons. The highest BCUT2D eigenvalue weighted by molar-refractivity contribution is 7.49. The molecule has 548 valence electrons. The Bertz CT molecular complexity index is 3870. The average Bonchev–Trinajstić information content (AvgIpc) is 1.61. The standard InChI is InChI=1S/C19H19Cl2F2N2O7P.2C19H19ClF3N2O7P.CH4/c1-10-4-6-25(18(27)24-10)17-19(22,23)16(26)15(31-17)9-30-33(28)29-7-5-14(32-33)12-8-11(20)2-3-13(12)21;1-10-4-6-25(18(27)24-10)17-19(22,23)16(26)15(31-17)9-30-33(28)29-7-5-14(32-33)12-8-11(21)2-3-13(12)20;1-10-4-6-25(18(27)24-10)17-19(22,23)16(26)15(31-17)9-30-33(28)29-7-5-14(32-33)12-8-11(20)2-3-13(12)21;/h3*2-4,6,8,14-17,26H,5,7,9H2,1H3;1H4/t3*14-,15-,16-,17-,33?;/m111./s1. The summed E-state index contributed by atoms with van der Waals surface area (Å²) in [6.45, 7) is 1.90. The summed E-state index contributed by atoms with van der Waals surface area (Å²) >= 11 is 24.1. The summed E-state index contributed by atoms with van der Waals surface area (Å²) in [5.41, 5.74) is -1.28. The number of aromatic nitrogens is 6. The Balaban J connectivity index is 0.000000174. The number of benzene rings is 3. The number of phosphoric ester groups is 3. The lowest BCUT2D eigenvalue weighted by Gasteiger charge is -2.30. The fourth-order valence-electron chi connectivity index (χ4n) is 10.5. The molecule has 6 aromatic rings. The van der Waals surface area contributed by atoms with Crippen LogP contribution in [0.2, 0.25) is 20.1 Å². The van der Waals surface area contributed by atoms with Gasteiger partial charge in [-0.05, 0) is 93.6 Å². The third-order valence-corrected chi connectivity index (χ3v) is 21.2. The van der Waals surface area contributed by atoms with E-state index in [0.717, 1.165) is 36.8 Å². The van der Waals surface area contributed by atoms with Crippen LogP contribution in [-0.2, 0) is 68.6 Å². The first-order valence-corrected chi connectivity index (χ1v) is 35.3. The van der Waals surface area contributed by atoms with E-state index in [0.29, 0.717) is 52.8 Å². The zero-order valence-electron chi connectivity index (χ0n) is 51.2. The first-order valence-electron chi connectivity index (χ1n) is 29.4. The number of alkyl halides is 6. The Morgan fingerprint density at radius 3 is 1.15 bits per heavy atom. The van der Waals surface area contributed by atoms with Crippen LogP contribution in [0.3, 0.4) is 0 Å². The van der Waals surface area contributed by atoms with E-state index in [-0.39, 0.29) is 61.3 Å². The van der Waals surface area contributed by atoms with Gasteiger partial charge in [0.15, 0.2) is 18.3 Å². The first kappa shape index (κ1) is 79.1. The molecule has 27 nitrogen and oxygen atoms in total. The summed E-state index contributed by atoms with van der Waals surface area (Å²) in [6, 6.07) is 16.0. The molecule has 9 heterocycles. The van der Waals surface area contributed by atoms with Crippen molar-refractivity contribution in [3.05, 3.63) is 188 Å². The predicted molar refractivity (Wildman–Crippen MR) is 334 cm³/mol. The molecule has 100 heavy (non-hydrogen) atoms. The van der Waals surface area contributed by atoms with E-state index in [1.165, 1.54) is 57.2 Å². The van der Waals surface area contributed by atoms with Crippen LogP contribution in [0.4, 0.5) is 35.1 Å². The van der Waals surface area contributed by atoms with E-state index in [1.807, 2.05) is 0 Å². The maximum absolute atomic E-state index is 14.7. The molecule has 3 aromatic heterocycles. The lowest BCUT2D eigenvalue weighted by molar-refractivity contribution is -0.141. The Labute approximate surface area is 581 Å². The number of aryl methyl sites for hydroxylation is 3. The van der Waals surface area contributed by atoms with Crippen molar-refractivity contribution < 1.29 is 119 Å². The number of aliphatic hydroxyl groups excluding tert-OH is 3. The molecular weight excluding hydrogens is 1500 g/mol. The highest BCUT2D eigenvalue weighted by atomic mass is 35.5. The maximum Gasteiger partial charge on any atom is 0.475 e. The van der Waals surface area contributed by atoms with Crippen molar-refractivity contribution in [3.8, 4) is 0 Å². The van der Waals surface area contributed by atoms with Gasteiger partial charge in [0.2, 0.25) is 18.7 Å². The van der Waals surface area contributed by atoms with Gasteiger partial charge in [-0.15, -0.1) is 0 Å². The van der Waals surface area contributed by atoms with Crippen LogP contribution in [0.15, 0.2) is 106 Å². The third kappa shape index (κ3) is 17.7. The SMILES string of the molecule is C.Cc1ccn([C@@H]2O[C@H](COP3(=O)OCC[C@H](c4cc(Cl)ccc4Cl)O3)[C@@H](O)C2(F)F)c(=O)n1.Cc1ccn([C@@H]2O[C@H](COP3(=O)OCC[C@H](c4cc(Cl)ccc4F)O3)[C@@H](O)C2(F)F)c(=O)n1.Cc1ccn([C@@H]2O[C@H](COP3(=O)OCC[C@H](c4cc(F)ccc4Cl)O3)[C@@H](O)C2(F)F)c(=O)n1. The number of rotatable bonds is 15. The number of halogens is 12. The summed E-state index contributed by atoms with van der Waals surface area (Å²) in [4.78, 5) is 46.8. The predicted octanol–water partition coefficient (Wildman–Crippen LogP) is 11.8. The van der Waals surface area contributed by atoms with Gasteiger partial charge in [0.25, 0.3) is 0 Å². The second-order valence-corrected chi connectivity index (χ2v) is 29.1. The van der Waals surface area contributed by atoms with Crippen LogP contribution in [0.5, 0.6) is 0 Å². The van der Waals surface area contributed by atoms with Gasteiger partial charge in [0, 0.05) is 91.7 Å². The molecule has 0 saturated carbocycles. The molecule has 3 aromatic carbocycles. The summed E-state index contributed by atoms with van der Waals surface area (Å²) in [5, 5.41) is 31.4. The minimum absolute atomic E-state index is 0. The Hall–Kier alpha value is -5.01. The van der Waals surface area contributed by atoms with Gasteiger partial charge in [-0.25, -0.2) is 36.9 Å². The van der Waals surface area contributed by atoms with Crippen molar-refractivity contribution in [2.45, 2.75) is 139 Å². The van der Waals surface area contributed by atoms with Crippen molar-refractivity contribution in [3.63, 3.8) is 0 Å². The van der Waals surface area contributed by atoms with E-state index in [4.69, 9.17) is 101 Å². The zero-order chi connectivity index (χ0) is 71.9. The number of phosphoric acid groups is 3. The molecule has 6 fully saturated rings. The smallest absolute Gasteiger partial charge is 0.384 e. The number of nitrogens with zero attached hydrogens (tertiary/aromatic N) is 6. The number of hydrogen-bond donors (Lipinski definition) is 3. The van der Waals surface area contributed by atoms with Gasteiger partial charge < -0.3 is 29.5 Å². The van der Waals surface area contributed by atoms with Crippen molar-refractivity contribution in [1.29, 1.82) is 0 Å². The molecule has 3 unspecified atom stereocenters. The molecule has 15 atom stereocenters. The molecule has 42 heteroatoms. The largest absolute Gasteiger partial charge is 0.475 e. The highest BCUT2D eigenvalue weighted by Gasteiger charge is 2.63. The third-order valence-electron chi connectivity index (χ3n) is 15.6. The van der Waals surface area contributed by atoms with E-state index >= 15 is 0 Å².